The van der Waals surface area contributed by atoms with E-state index in [1.54, 1.807) is 19.2 Å². The molecule has 5 heteroatoms. The zero-order valence-corrected chi connectivity index (χ0v) is 10.9. The summed E-state index contributed by atoms with van der Waals surface area (Å²) in [5.41, 5.74) is 0.592. The molecule has 2 N–H and O–H groups in total. The van der Waals surface area contributed by atoms with Crippen molar-refractivity contribution in [1.82, 2.24) is 5.32 Å². The lowest BCUT2D eigenvalue weighted by atomic mass is 10.0. The topological polar surface area (TPSA) is 41.5 Å². The molecule has 0 bridgehead atoms. The van der Waals surface area contributed by atoms with Crippen LogP contribution >= 0.6 is 23.2 Å². The van der Waals surface area contributed by atoms with Gasteiger partial charge in [0, 0.05) is 17.7 Å². The Morgan fingerprint density at radius 3 is 2.44 bits per heavy atom. The van der Waals surface area contributed by atoms with Crippen LogP contribution in [0, 0.1) is 0 Å². The molecule has 0 aromatic heterocycles. The maximum atomic E-state index is 10.0. The Kier molecular flexibility index (Phi) is 4.87. The zero-order chi connectivity index (χ0) is 12.3. The second-order valence-corrected chi connectivity index (χ2v) is 4.34. The van der Waals surface area contributed by atoms with Crippen LogP contribution in [0.4, 0.5) is 0 Å². The quantitative estimate of drug-likeness (QED) is 0.878. The fraction of sp³-hybridized carbons (Fsp3) is 0.455. The number of ether oxygens (including phenoxy) is 1. The van der Waals surface area contributed by atoms with Crippen molar-refractivity contribution >= 4 is 23.2 Å². The van der Waals surface area contributed by atoms with E-state index in [-0.39, 0.29) is 6.04 Å². The third-order valence-corrected chi connectivity index (χ3v) is 3.14. The first kappa shape index (κ1) is 13.6. The van der Waals surface area contributed by atoms with Crippen LogP contribution in [0.25, 0.3) is 0 Å². The van der Waals surface area contributed by atoms with Crippen molar-refractivity contribution in [2.45, 2.75) is 19.1 Å². The molecule has 0 aliphatic heterocycles. The maximum Gasteiger partial charge on any atom is 0.138 e. The fourth-order valence-corrected chi connectivity index (χ4v) is 1.87. The normalized spacial score (nSPS) is 14.6. The van der Waals surface area contributed by atoms with E-state index in [2.05, 4.69) is 5.32 Å². The summed E-state index contributed by atoms with van der Waals surface area (Å²) in [5.74, 6) is 0.500. The van der Waals surface area contributed by atoms with Gasteiger partial charge in [-0.2, -0.15) is 0 Å². The second kappa shape index (κ2) is 5.73. The van der Waals surface area contributed by atoms with Crippen molar-refractivity contribution in [3.8, 4) is 5.75 Å². The summed E-state index contributed by atoms with van der Waals surface area (Å²) in [6.45, 7) is 1.86. The van der Waals surface area contributed by atoms with Crippen LogP contribution in [0.2, 0.25) is 10.0 Å². The number of nitrogens with one attached hydrogen (secondary N) is 1. The Balaban J connectivity index is 3.10. The number of likely N-dealkylation sites (N-methyl/N-ethyl adjacent to an activating group) is 1. The van der Waals surface area contributed by atoms with Gasteiger partial charge in [-0.15, -0.1) is 0 Å². The molecule has 2 atom stereocenters. The van der Waals surface area contributed by atoms with Gasteiger partial charge in [0.2, 0.25) is 0 Å². The number of hydrogen-bond donors (Lipinski definition) is 2. The van der Waals surface area contributed by atoms with Crippen molar-refractivity contribution in [1.29, 1.82) is 0 Å². The molecule has 0 heterocycles. The standard InChI is InChI=1S/C11H15Cl2NO2/c1-6(14-2)11(15)7-4-9(13)10(16-3)5-8(7)12/h4-6,11,14-15H,1-3H3. The molecule has 3 nitrogen and oxygen atoms in total. The highest BCUT2D eigenvalue weighted by Crippen LogP contribution is 2.34. The average molecular weight is 264 g/mol. The highest BCUT2D eigenvalue weighted by atomic mass is 35.5. The van der Waals surface area contributed by atoms with Crippen LogP contribution in [-0.4, -0.2) is 25.3 Å². The molecule has 0 aliphatic carbocycles. The summed E-state index contributed by atoms with van der Waals surface area (Å²) in [6, 6.07) is 3.12. The second-order valence-electron chi connectivity index (χ2n) is 3.53. The smallest absolute Gasteiger partial charge is 0.138 e. The van der Waals surface area contributed by atoms with Gasteiger partial charge in [-0.3, -0.25) is 0 Å². The van der Waals surface area contributed by atoms with Gasteiger partial charge in [0.25, 0.3) is 0 Å². The first-order chi connectivity index (χ1) is 7.51. The lowest BCUT2D eigenvalue weighted by Gasteiger charge is -2.20. The summed E-state index contributed by atoms with van der Waals surface area (Å²) in [5, 5.41) is 13.8. The van der Waals surface area contributed by atoms with Gasteiger partial charge < -0.3 is 15.2 Å². The van der Waals surface area contributed by atoms with E-state index in [1.165, 1.54) is 7.11 Å². The Morgan fingerprint density at radius 1 is 1.31 bits per heavy atom. The Hall–Kier alpha value is -0.480. The van der Waals surface area contributed by atoms with E-state index in [9.17, 15) is 5.11 Å². The summed E-state index contributed by atoms with van der Waals surface area (Å²) < 4.78 is 5.03. The maximum absolute atomic E-state index is 10.0. The lowest BCUT2D eigenvalue weighted by molar-refractivity contribution is 0.140. The van der Waals surface area contributed by atoms with Crippen LogP contribution in [0.15, 0.2) is 12.1 Å². The minimum absolute atomic E-state index is 0.109. The summed E-state index contributed by atoms with van der Waals surface area (Å²) in [4.78, 5) is 0. The van der Waals surface area contributed by atoms with Gasteiger partial charge in [0.05, 0.1) is 23.3 Å². The third kappa shape index (κ3) is 2.80. The number of methoxy groups -OCH3 is 1. The monoisotopic (exact) mass is 263 g/mol. The Morgan fingerprint density at radius 2 is 1.94 bits per heavy atom. The van der Waals surface area contributed by atoms with Gasteiger partial charge in [-0.25, -0.2) is 0 Å². The van der Waals surface area contributed by atoms with Crippen LogP contribution in [-0.2, 0) is 0 Å². The predicted molar refractivity (Wildman–Crippen MR) is 66.5 cm³/mol. The minimum Gasteiger partial charge on any atom is -0.495 e. The third-order valence-electron chi connectivity index (χ3n) is 2.52. The van der Waals surface area contributed by atoms with Gasteiger partial charge in [-0.1, -0.05) is 23.2 Å². The van der Waals surface area contributed by atoms with Crippen LogP contribution < -0.4 is 10.1 Å². The summed E-state index contributed by atoms with van der Waals surface area (Å²) in [7, 11) is 3.29. The number of rotatable bonds is 4. The number of aliphatic hydroxyl groups excluding tert-OH is 1. The van der Waals surface area contributed by atoms with Gasteiger partial charge >= 0.3 is 0 Å². The molecule has 0 aliphatic rings. The highest BCUT2D eigenvalue weighted by Gasteiger charge is 2.19. The van der Waals surface area contributed by atoms with Gasteiger partial charge in [0.15, 0.2) is 0 Å². The van der Waals surface area contributed by atoms with Crippen LogP contribution in [0.5, 0.6) is 5.75 Å². The van der Waals surface area contributed by atoms with Crippen LogP contribution in [0.3, 0.4) is 0 Å². The molecule has 90 valence electrons. The molecule has 0 radical (unpaired) electrons. The molecule has 0 saturated heterocycles. The van der Waals surface area contributed by atoms with Crippen LogP contribution in [0.1, 0.15) is 18.6 Å². The van der Waals surface area contributed by atoms with E-state index in [0.29, 0.717) is 21.4 Å². The molecule has 1 aromatic carbocycles. The molecule has 2 unspecified atom stereocenters. The molecule has 16 heavy (non-hydrogen) atoms. The number of hydrogen-bond acceptors (Lipinski definition) is 3. The molecular weight excluding hydrogens is 249 g/mol. The molecule has 0 saturated carbocycles. The molecule has 1 aromatic rings. The zero-order valence-electron chi connectivity index (χ0n) is 9.42. The van der Waals surface area contributed by atoms with Crippen molar-refractivity contribution in [2.24, 2.45) is 0 Å². The first-order valence-corrected chi connectivity index (χ1v) is 5.65. The first-order valence-electron chi connectivity index (χ1n) is 4.89. The Labute approximate surface area is 105 Å². The van der Waals surface area contributed by atoms with E-state index in [1.807, 2.05) is 6.92 Å². The largest absolute Gasteiger partial charge is 0.495 e. The number of aliphatic hydroxyl groups is 1. The van der Waals surface area contributed by atoms with E-state index in [0.717, 1.165) is 0 Å². The molecule has 0 fully saturated rings. The predicted octanol–water partition coefficient (Wildman–Crippen LogP) is 2.64. The fourth-order valence-electron chi connectivity index (χ4n) is 1.35. The summed E-state index contributed by atoms with van der Waals surface area (Å²) >= 11 is 12.0. The lowest BCUT2D eigenvalue weighted by Crippen LogP contribution is -2.28. The van der Waals surface area contributed by atoms with Gasteiger partial charge in [-0.05, 0) is 20.0 Å². The number of halogens is 2. The summed E-state index contributed by atoms with van der Waals surface area (Å²) in [6.07, 6.45) is -0.707. The van der Waals surface area contributed by atoms with Crippen molar-refractivity contribution in [3.05, 3.63) is 27.7 Å². The Bertz CT molecular complexity index is 371. The molecule has 0 spiro atoms. The molecule has 1 rings (SSSR count). The minimum atomic E-state index is -0.707. The van der Waals surface area contributed by atoms with Crippen molar-refractivity contribution < 1.29 is 9.84 Å². The van der Waals surface area contributed by atoms with Crippen molar-refractivity contribution in [2.75, 3.05) is 14.2 Å². The molecular formula is C11H15Cl2NO2. The molecule has 0 amide bonds. The average Bonchev–Trinajstić information content (AvgIpc) is 2.29. The highest BCUT2D eigenvalue weighted by molar-refractivity contribution is 6.34. The van der Waals surface area contributed by atoms with E-state index >= 15 is 0 Å². The van der Waals surface area contributed by atoms with E-state index in [4.69, 9.17) is 27.9 Å². The van der Waals surface area contributed by atoms with Crippen molar-refractivity contribution in [3.63, 3.8) is 0 Å². The van der Waals surface area contributed by atoms with E-state index < -0.39 is 6.10 Å². The van der Waals surface area contributed by atoms with Gasteiger partial charge in [0.1, 0.15) is 5.75 Å². The number of benzene rings is 1. The SMILES string of the molecule is CNC(C)C(O)c1cc(Cl)c(OC)cc1Cl.